The van der Waals surface area contributed by atoms with Gasteiger partial charge in [0.2, 0.25) is 15.8 Å². The number of hydrogen-bond donors (Lipinski definition) is 1. The first-order valence-corrected chi connectivity index (χ1v) is 9.93. The minimum absolute atomic E-state index is 0.0709. The van der Waals surface area contributed by atoms with E-state index in [4.69, 9.17) is 0 Å². The van der Waals surface area contributed by atoms with Crippen LogP contribution in [0.1, 0.15) is 43.9 Å². The summed E-state index contributed by atoms with van der Waals surface area (Å²) in [5, 5.41) is 7.39. The van der Waals surface area contributed by atoms with Crippen LogP contribution in [-0.4, -0.2) is 34.3 Å². The predicted octanol–water partition coefficient (Wildman–Crippen LogP) is 2.82. The lowest BCUT2D eigenvalue weighted by Gasteiger charge is -2.16. The highest BCUT2D eigenvalue weighted by atomic mass is 32.2. The van der Waals surface area contributed by atoms with Gasteiger partial charge in [-0.2, -0.15) is 19.6 Å². The maximum Gasteiger partial charge on any atom is 0.252 e. The summed E-state index contributed by atoms with van der Waals surface area (Å²) in [6.45, 7) is 6.01. The van der Waals surface area contributed by atoms with Crippen molar-refractivity contribution in [3.8, 4) is 0 Å². The fourth-order valence-corrected chi connectivity index (χ4v) is 3.06. The van der Waals surface area contributed by atoms with Gasteiger partial charge in [0.25, 0.3) is 5.16 Å². The highest BCUT2D eigenvalue weighted by Crippen LogP contribution is 2.24. The molecule has 25 heavy (non-hydrogen) atoms. The molecule has 1 aromatic carbocycles. The molecule has 1 atom stereocenters. The molecular formula is C17H21N5O2S. The summed E-state index contributed by atoms with van der Waals surface area (Å²) < 4.78 is 25.6. The third-order valence-corrected chi connectivity index (χ3v) is 4.82. The van der Waals surface area contributed by atoms with Crippen molar-refractivity contribution < 1.29 is 8.42 Å². The van der Waals surface area contributed by atoms with Crippen LogP contribution in [0.4, 0.5) is 5.95 Å². The average molecular weight is 359 g/mol. The van der Waals surface area contributed by atoms with Gasteiger partial charge in [0.1, 0.15) is 0 Å². The van der Waals surface area contributed by atoms with E-state index in [1.165, 1.54) is 0 Å². The zero-order chi connectivity index (χ0) is 18.2. The Labute approximate surface area is 147 Å². The van der Waals surface area contributed by atoms with E-state index in [2.05, 4.69) is 20.4 Å². The van der Waals surface area contributed by atoms with E-state index in [0.29, 0.717) is 11.6 Å². The molecule has 0 amide bonds. The van der Waals surface area contributed by atoms with Gasteiger partial charge in [-0.3, -0.25) is 0 Å². The molecule has 132 valence electrons. The molecule has 0 fully saturated rings. The lowest BCUT2D eigenvalue weighted by Crippen LogP contribution is -2.16. The molecule has 0 saturated heterocycles. The zero-order valence-electron chi connectivity index (χ0n) is 14.6. The second kappa shape index (κ2) is 6.44. The molecule has 0 bridgehead atoms. The average Bonchev–Trinajstić information content (AvgIpc) is 2.99. The Morgan fingerprint density at radius 1 is 1.08 bits per heavy atom. The molecular weight excluding hydrogens is 338 g/mol. The molecule has 0 spiro atoms. The zero-order valence-corrected chi connectivity index (χ0v) is 15.4. The van der Waals surface area contributed by atoms with Crippen LogP contribution in [-0.2, 0) is 9.84 Å². The van der Waals surface area contributed by atoms with Crippen molar-refractivity contribution in [2.45, 2.75) is 37.9 Å². The van der Waals surface area contributed by atoms with Crippen molar-refractivity contribution in [2.75, 3.05) is 11.6 Å². The van der Waals surface area contributed by atoms with Crippen LogP contribution in [0.15, 0.2) is 41.7 Å². The van der Waals surface area contributed by atoms with E-state index in [1.54, 1.807) is 10.7 Å². The number of fused-ring (bicyclic) bond motifs is 1. The predicted molar refractivity (Wildman–Crippen MR) is 96.5 cm³/mol. The van der Waals surface area contributed by atoms with Crippen LogP contribution < -0.4 is 5.32 Å². The monoisotopic (exact) mass is 359 g/mol. The van der Waals surface area contributed by atoms with Gasteiger partial charge in [0.05, 0.1) is 12.2 Å². The van der Waals surface area contributed by atoms with Gasteiger partial charge in [-0.15, -0.1) is 0 Å². The molecule has 7 nitrogen and oxygen atoms in total. The first-order chi connectivity index (χ1) is 11.8. The summed E-state index contributed by atoms with van der Waals surface area (Å²) in [5.74, 6) is 0.521. The van der Waals surface area contributed by atoms with E-state index in [9.17, 15) is 8.42 Å². The van der Waals surface area contributed by atoms with E-state index < -0.39 is 9.84 Å². The fraction of sp³-hybridized carbons (Fsp3) is 0.353. The largest absolute Gasteiger partial charge is 0.348 e. The SMILES string of the molecule is CC(C)c1cnn2c(NC(C)c3ccccc3)nc(S(C)(=O)=O)nc12. The van der Waals surface area contributed by atoms with Gasteiger partial charge in [0, 0.05) is 11.8 Å². The van der Waals surface area contributed by atoms with E-state index >= 15 is 0 Å². The third-order valence-electron chi connectivity index (χ3n) is 3.97. The Hall–Kier alpha value is -2.48. The topological polar surface area (TPSA) is 89.2 Å². The smallest absolute Gasteiger partial charge is 0.252 e. The third kappa shape index (κ3) is 3.48. The quantitative estimate of drug-likeness (QED) is 0.753. The van der Waals surface area contributed by atoms with Gasteiger partial charge >= 0.3 is 0 Å². The van der Waals surface area contributed by atoms with Crippen molar-refractivity contribution in [2.24, 2.45) is 0 Å². The Bertz CT molecular complexity index is 997. The maximum absolute atomic E-state index is 12.0. The molecule has 0 aliphatic rings. The Balaban J connectivity index is 2.13. The molecule has 1 unspecified atom stereocenters. The van der Waals surface area contributed by atoms with Crippen molar-refractivity contribution in [1.82, 2.24) is 19.6 Å². The highest BCUT2D eigenvalue weighted by Gasteiger charge is 2.20. The Morgan fingerprint density at radius 3 is 2.36 bits per heavy atom. The summed E-state index contributed by atoms with van der Waals surface area (Å²) in [7, 11) is -3.54. The van der Waals surface area contributed by atoms with Gasteiger partial charge in [-0.1, -0.05) is 44.2 Å². The summed E-state index contributed by atoms with van der Waals surface area (Å²) in [5.41, 5.74) is 2.45. The number of benzene rings is 1. The molecule has 1 N–H and O–H groups in total. The molecule has 2 heterocycles. The van der Waals surface area contributed by atoms with Crippen LogP contribution in [0.3, 0.4) is 0 Å². The first-order valence-electron chi connectivity index (χ1n) is 8.04. The molecule has 3 rings (SSSR count). The Kier molecular flexibility index (Phi) is 4.47. The maximum atomic E-state index is 12.0. The number of sulfone groups is 1. The second-order valence-electron chi connectivity index (χ2n) is 6.37. The van der Waals surface area contributed by atoms with E-state index in [1.807, 2.05) is 51.1 Å². The number of rotatable bonds is 5. The molecule has 0 aliphatic carbocycles. The normalized spacial score (nSPS) is 13.3. The number of anilines is 1. The van der Waals surface area contributed by atoms with Crippen LogP contribution in [0, 0.1) is 0 Å². The number of aromatic nitrogens is 4. The molecule has 8 heteroatoms. The van der Waals surface area contributed by atoms with Gasteiger partial charge in [0.15, 0.2) is 5.65 Å². The molecule has 2 aromatic heterocycles. The minimum atomic E-state index is -3.54. The summed E-state index contributed by atoms with van der Waals surface area (Å²) in [6.07, 6.45) is 2.81. The molecule has 3 aromatic rings. The van der Waals surface area contributed by atoms with Crippen molar-refractivity contribution in [3.63, 3.8) is 0 Å². The number of hydrogen-bond acceptors (Lipinski definition) is 6. The van der Waals surface area contributed by atoms with Gasteiger partial charge in [-0.05, 0) is 18.4 Å². The summed E-state index contributed by atoms with van der Waals surface area (Å²) in [6, 6.07) is 9.78. The van der Waals surface area contributed by atoms with Crippen LogP contribution in [0.5, 0.6) is 0 Å². The highest BCUT2D eigenvalue weighted by molar-refractivity contribution is 7.90. The van der Waals surface area contributed by atoms with E-state index in [0.717, 1.165) is 17.4 Å². The number of nitrogens with one attached hydrogen (secondary N) is 1. The first kappa shape index (κ1) is 17.3. The summed E-state index contributed by atoms with van der Waals surface area (Å²) in [4.78, 5) is 8.43. The Morgan fingerprint density at radius 2 is 1.76 bits per heavy atom. The summed E-state index contributed by atoms with van der Waals surface area (Å²) >= 11 is 0. The fourth-order valence-electron chi connectivity index (χ4n) is 2.56. The van der Waals surface area contributed by atoms with E-state index in [-0.39, 0.29) is 17.1 Å². The van der Waals surface area contributed by atoms with Gasteiger partial charge in [-0.25, -0.2) is 8.42 Å². The van der Waals surface area contributed by atoms with Crippen LogP contribution in [0.25, 0.3) is 5.65 Å². The van der Waals surface area contributed by atoms with Crippen LogP contribution in [0.2, 0.25) is 0 Å². The van der Waals surface area contributed by atoms with Gasteiger partial charge < -0.3 is 5.32 Å². The standard InChI is InChI=1S/C17H21N5O2S/c1-11(2)14-10-18-22-15(14)20-17(25(4,23)24)21-16(22)19-12(3)13-8-6-5-7-9-13/h5-12H,1-4H3,(H,19,20,21). The molecule has 0 aliphatic heterocycles. The minimum Gasteiger partial charge on any atom is -0.348 e. The van der Waals surface area contributed by atoms with Crippen molar-refractivity contribution in [3.05, 3.63) is 47.7 Å². The van der Waals surface area contributed by atoms with Crippen molar-refractivity contribution >= 4 is 21.4 Å². The second-order valence-corrected chi connectivity index (χ2v) is 8.28. The number of nitrogens with zero attached hydrogens (tertiary/aromatic N) is 4. The lowest BCUT2D eigenvalue weighted by atomic mass is 10.1. The lowest BCUT2D eigenvalue weighted by molar-refractivity contribution is 0.591. The van der Waals surface area contributed by atoms with Crippen LogP contribution >= 0.6 is 0 Å². The molecule has 0 saturated carbocycles. The molecule has 0 radical (unpaired) electrons. The van der Waals surface area contributed by atoms with Crippen molar-refractivity contribution in [1.29, 1.82) is 0 Å².